The van der Waals surface area contributed by atoms with Crippen LogP contribution in [0, 0.1) is 5.92 Å². The van der Waals surface area contributed by atoms with Crippen LogP contribution in [0.15, 0.2) is 24.3 Å². The second kappa shape index (κ2) is 8.09. The zero-order valence-corrected chi connectivity index (χ0v) is 12.0. The Morgan fingerprint density at radius 2 is 1.95 bits per heavy atom. The minimum Gasteiger partial charge on any atom is -0.406 e. The highest BCUT2D eigenvalue weighted by Gasteiger charge is 2.31. The highest BCUT2D eigenvalue weighted by molar-refractivity contribution is 5.48. The summed E-state index contributed by atoms with van der Waals surface area (Å²) < 4.78 is 45.4. The third-order valence-electron chi connectivity index (χ3n) is 2.37. The maximum Gasteiger partial charge on any atom is 0.573 e. The Morgan fingerprint density at radius 3 is 2.57 bits per heavy atom. The first-order chi connectivity index (χ1) is 9.76. The highest BCUT2D eigenvalue weighted by atomic mass is 19.4. The van der Waals surface area contributed by atoms with E-state index in [1.54, 1.807) is 6.07 Å². The summed E-state index contributed by atoms with van der Waals surface area (Å²) in [6, 6.07) is 5.45. The normalized spacial score (nSPS) is 13.3. The Labute approximate surface area is 121 Å². The topological polar surface area (TPSA) is 50.7 Å². The molecule has 1 atom stereocenters. The number of alkyl halides is 3. The molecule has 0 amide bonds. The number of hydrogen-bond acceptors (Lipinski definition) is 4. The van der Waals surface area contributed by atoms with Crippen molar-refractivity contribution in [2.24, 2.45) is 5.92 Å². The van der Waals surface area contributed by atoms with Crippen molar-refractivity contribution in [1.82, 2.24) is 0 Å². The van der Waals surface area contributed by atoms with Crippen LogP contribution in [-0.2, 0) is 4.74 Å². The SMILES string of the molecule is CC(C)COCC(O)CNc1cccc(OC(F)(F)F)c1. The Hall–Kier alpha value is -1.47. The molecule has 0 aromatic heterocycles. The Kier molecular flexibility index (Phi) is 6.77. The molecule has 2 N–H and O–H groups in total. The molecule has 0 radical (unpaired) electrons. The van der Waals surface area contributed by atoms with Crippen LogP contribution >= 0.6 is 0 Å². The largest absolute Gasteiger partial charge is 0.573 e. The van der Waals surface area contributed by atoms with Gasteiger partial charge in [0.1, 0.15) is 5.75 Å². The Morgan fingerprint density at radius 1 is 1.24 bits per heavy atom. The monoisotopic (exact) mass is 307 g/mol. The Bertz CT molecular complexity index is 424. The molecule has 0 spiro atoms. The van der Waals surface area contributed by atoms with Crippen LogP contribution in [0.1, 0.15) is 13.8 Å². The molecule has 21 heavy (non-hydrogen) atoms. The molecular weight excluding hydrogens is 287 g/mol. The van der Waals surface area contributed by atoms with E-state index in [1.165, 1.54) is 18.2 Å². The molecule has 4 nitrogen and oxygen atoms in total. The predicted molar refractivity (Wildman–Crippen MR) is 73.3 cm³/mol. The molecular formula is C14H20F3NO3. The number of anilines is 1. The quantitative estimate of drug-likeness (QED) is 0.775. The fourth-order valence-electron chi connectivity index (χ4n) is 1.54. The van der Waals surface area contributed by atoms with Gasteiger partial charge in [0.15, 0.2) is 0 Å². The van der Waals surface area contributed by atoms with Gasteiger partial charge in [0.05, 0.1) is 12.7 Å². The van der Waals surface area contributed by atoms with E-state index in [-0.39, 0.29) is 18.9 Å². The molecule has 1 aromatic rings. The molecule has 0 aliphatic rings. The van der Waals surface area contributed by atoms with Crippen molar-refractivity contribution in [3.05, 3.63) is 24.3 Å². The molecule has 0 aliphatic heterocycles. The molecule has 7 heteroatoms. The summed E-state index contributed by atoms with van der Waals surface area (Å²) in [5, 5.41) is 12.5. The number of rotatable bonds is 8. The minimum absolute atomic E-state index is 0.171. The average Bonchev–Trinajstić information content (AvgIpc) is 2.34. The van der Waals surface area contributed by atoms with E-state index in [1.807, 2.05) is 13.8 Å². The lowest BCUT2D eigenvalue weighted by Gasteiger charge is -2.15. The zero-order valence-electron chi connectivity index (χ0n) is 12.0. The van der Waals surface area contributed by atoms with Crippen molar-refractivity contribution in [3.63, 3.8) is 0 Å². The number of aliphatic hydroxyl groups excluding tert-OH is 1. The first-order valence-electron chi connectivity index (χ1n) is 6.62. The highest BCUT2D eigenvalue weighted by Crippen LogP contribution is 2.24. The lowest BCUT2D eigenvalue weighted by Crippen LogP contribution is -2.25. The van der Waals surface area contributed by atoms with Crippen LogP contribution in [0.3, 0.4) is 0 Å². The molecule has 0 saturated heterocycles. The van der Waals surface area contributed by atoms with Gasteiger partial charge in [-0.3, -0.25) is 0 Å². The second-order valence-electron chi connectivity index (χ2n) is 5.04. The van der Waals surface area contributed by atoms with Gasteiger partial charge in [-0.15, -0.1) is 13.2 Å². The van der Waals surface area contributed by atoms with Crippen LogP contribution in [0.25, 0.3) is 0 Å². The molecule has 120 valence electrons. The van der Waals surface area contributed by atoms with E-state index in [0.29, 0.717) is 18.2 Å². The summed E-state index contributed by atoms with van der Waals surface area (Å²) in [7, 11) is 0. The molecule has 1 aromatic carbocycles. The van der Waals surface area contributed by atoms with Crippen LogP contribution in [0.5, 0.6) is 5.75 Å². The van der Waals surface area contributed by atoms with Crippen molar-refractivity contribution in [3.8, 4) is 5.75 Å². The smallest absolute Gasteiger partial charge is 0.406 e. The lowest BCUT2D eigenvalue weighted by molar-refractivity contribution is -0.274. The number of benzene rings is 1. The van der Waals surface area contributed by atoms with Gasteiger partial charge in [-0.1, -0.05) is 19.9 Å². The average molecular weight is 307 g/mol. The molecule has 0 bridgehead atoms. The van der Waals surface area contributed by atoms with Gasteiger partial charge in [0.25, 0.3) is 0 Å². The third kappa shape index (κ3) is 8.41. The van der Waals surface area contributed by atoms with E-state index in [4.69, 9.17) is 4.74 Å². The van der Waals surface area contributed by atoms with Crippen LogP contribution < -0.4 is 10.1 Å². The standard InChI is InChI=1S/C14H20F3NO3/c1-10(2)8-20-9-12(19)7-18-11-4-3-5-13(6-11)21-14(15,16)17/h3-6,10,12,18-19H,7-9H2,1-2H3. The van der Waals surface area contributed by atoms with Crippen molar-refractivity contribution < 1.29 is 27.8 Å². The fraction of sp³-hybridized carbons (Fsp3) is 0.571. The number of nitrogens with one attached hydrogen (secondary N) is 1. The molecule has 0 fully saturated rings. The third-order valence-corrected chi connectivity index (χ3v) is 2.37. The summed E-state index contributed by atoms with van der Waals surface area (Å²) in [5.74, 6) is 0.0689. The predicted octanol–water partition coefficient (Wildman–Crippen LogP) is 3.03. The summed E-state index contributed by atoms with van der Waals surface area (Å²) in [6.45, 7) is 4.89. The minimum atomic E-state index is -4.72. The van der Waals surface area contributed by atoms with E-state index >= 15 is 0 Å². The molecule has 0 saturated carbocycles. The fourth-order valence-corrected chi connectivity index (χ4v) is 1.54. The van der Waals surface area contributed by atoms with Crippen LogP contribution in [0.2, 0.25) is 0 Å². The molecule has 1 rings (SSSR count). The van der Waals surface area contributed by atoms with Crippen molar-refractivity contribution in [1.29, 1.82) is 0 Å². The Balaban J connectivity index is 2.39. The van der Waals surface area contributed by atoms with E-state index < -0.39 is 12.5 Å². The summed E-state index contributed by atoms with van der Waals surface area (Å²) in [6.07, 6.45) is -5.46. The maximum absolute atomic E-state index is 12.1. The van der Waals surface area contributed by atoms with Crippen LogP contribution in [0.4, 0.5) is 18.9 Å². The molecule has 0 heterocycles. The number of ether oxygens (including phenoxy) is 2. The molecule has 0 aliphatic carbocycles. The first kappa shape index (κ1) is 17.6. The number of hydrogen-bond donors (Lipinski definition) is 2. The van der Waals surface area contributed by atoms with Gasteiger partial charge < -0.3 is 19.9 Å². The van der Waals surface area contributed by atoms with Gasteiger partial charge in [-0.05, 0) is 18.1 Å². The lowest BCUT2D eigenvalue weighted by atomic mass is 10.2. The summed E-state index contributed by atoms with van der Waals surface area (Å²) >= 11 is 0. The van der Waals surface area contributed by atoms with Gasteiger partial charge >= 0.3 is 6.36 Å². The number of halogens is 3. The van der Waals surface area contributed by atoms with Gasteiger partial charge in [0.2, 0.25) is 0 Å². The van der Waals surface area contributed by atoms with Gasteiger partial charge in [-0.25, -0.2) is 0 Å². The van der Waals surface area contributed by atoms with Gasteiger partial charge in [-0.2, -0.15) is 0 Å². The van der Waals surface area contributed by atoms with E-state index in [9.17, 15) is 18.3 Å². The van der Waals surface area contributed by atoms with Gasteiger partial charge in [0, 0.05) is 24.9 Å². The van der Waals surface area contributed by atoms with Crippen molar-refractivity contribution in [2.45, 2.75) is 26.3 Å². The summed E-state index contributed by atoms with van der Waals surface area (Å²) in [4.78, 5) is 0. The maximum atomic E-state index is 12.1. The zero-order chi connectivity index (χ0) is 15.9. The van der Waals surface area contributed by atoms with E-state index in [2.05, 4.69) is 10.1 Å². The molecule has 1 unspecified atom stereocenters. The van der Waals surface area contributed by atoms with Crippen molar-refractivity contribution >= 4 is 5.69 Å². The van der Waals surface area contributed by atoms with E-state index in [0.717, 1.165) is 0 Å². The van der Waals surface area contributed by atoms with Crippen LogP contribution in [-0.4, -0.2) is 37.3 Å². The number of aliphatic hydroxyl groups is 1. The summed E-state index contributed by atoms with van der Waals surface area (Å²) in [5.41, 5.74) is 0.430. The first-order valence-corrected chi connectivity index (χ1v) is 6.62. The second-order valence-corrected chi connectivity index (χ2v) is 5.04. The van der Waals surface area contributed by atoms with Crippen molar-refractivity contribution in [2.75, 3.05) is 25.1 Å².